The van der Waals surface area contributed by atoms with Gasteiger partial charge in [0.15, 0.2) is 0 Å². The van der Waals surface area contributed by atoms with Crippen molar-refractivity contribution in [1.29, 1.82) is 0 Å². The van der Waals surface area contributed by atoms with Gasteiger partial charge in [-0.3, -0.25) is 0 Å². The topological polar surface area (TPSA) is 29.5 Å². The van der Waals surface area contributed by atoms with Gasteiger partial charge in [0.1, 0.15) is 11.6 Å². The molecule has 1 N–H and O–H groups in total. The summed E-state index contributed by atoms with van der Waals surface area (Å²) in [6.45, 7) is 0. The van der Waals surface area contributed by atoms with Crippen LogP contribution in [0.25, 0.3) is 0 Å². The molecular formula is C15H15FO2S. The molecule has 0 amide bonds. The van der Waals surface area contributed by atoms with Gasteiger partial charge in [0.25, 0.3) is 0 Å². The summed E-state index contributed by atoms with van der Waals surface area (Å²) in [7, 11) is 1.60. The second-order valence-electron chi connectivity index (χ2n) is 4.21. The number of rotatable bonds is 4. The molecule has 0 aliphatic carbocycles. The van der Waals surface area contributed by atoms with Crippen LogP contribution in [0.4, 0.5) is 4.39 Å². The summed E-state index contributed by atoms with van der Waals surface area (Å²) >= 11 is 4.43. The molecule has 2 nitrogen and oxygen atoms in total. The Kier molecular flexibility index (Phi) is 4.45. The Bertz CT molecular complexity index is 525. The molecule has 0 heterocycles. The van der Waals surface area contributed by atoms with Gasteiger partial charge in [-0.25, -0.2) is 4.39 Å². The molecule has 2 aromatic carbocycles. The first-order valence-electron chi connectivity index (χ1n) is 5.87. The van der Waals surface area contributed by atoms with Gasteiger partial charge in [-0.05, 0) is 35.4 Å². The van der Waals surface area contributed by atoms with E-state index in [1.54, 1.807) is 19.2 Å². The van der Waals surface area contributed by atoms with Gasteiger partial charge < -0.3 is 9.84 Å². The number of hydrogen-bond donors (Lipinski definition) is 2. The Balaban J connectivity index is 2.17. The van der Waals surface area contributed by atoms with Crippen molar-refractivity contribution in [1.82, 2.24) is 0 Å². The molecule has 0 fully saturated rings. The molecule has 2 atom stereocenters. The molecule has 2 rings (SSSR count). The van der Waals surface area contributed by atoms with Crippen LogP contribution in [0.15, 0.2) is 48.5 Å². The number of ether oxygens (including phenoxy) is 1. The molecule has 2 aromatic rings. The normalized spacial score (nSPS) is 13.9. The molecule has 0 bridgehead atoms. The highest BCUT2D eigenvalue weighted by Crippen LogP contribution is 2.34. The van der Waals surface area contributed by atoms with Crippen molar-refractivity contribution >= 4 is 12.6 Å². The third-order valence-electron chi connectivity index (χ3n) is 2.97. The Morgan fingerprint density at radius 1 is 1.00 bits per heavy atom. The van der Waals surface area contributed by atoms with Gasteiger partial charge in [0.2, 0.25) is 0 Å². The summed E-state index contributed by atoms with van der Waals surface area (Å²) in [5, 5.41) is 9.85. The first kappa shape index (κ1) is 13.9. The van der Waals surface area contributed by atoms with E-state index in [0.29, 0.717) is 5.56 Å². The molecule has 0 spiro atoms. The summed E-state index contributed by atoms with van der Waals surface area (Å²) in [6, 6.07) is 13.1. The highest BCUT2D eigenvalue weighted by atomic mass is 32.1. The lowest BCUT2D eigenvalue weighted by Gasteiger charge is -2.19. The second kappa shape index (κ2) is 6.08. The minimum absolute atomic E-state index is 0.323. The minimum atomic E-state index is -0.794. The maximum atomic E-state index is 12.8. The Morgan fingerprint density at radius 2 is 1.53 bits per heavy atom. The largest absolute Gasteiger partial charge is 0.497 e. The van der Waals surface area contributed by atoms with Crippen LogP contribution in [0, 0.1) is 5.82 Å². The van der Waals surface area contributed by atoms with E-state index in [1.807, 2.05) is 24.3 Å². The molecule has 2 unspecified atom stereocenters. The van der Waals surface area contributed by atoms with Crippen LogP contribution in [0.2, 0.25) is 0 Å². The van der Waals surface area contributed by atoms with Gasteiger partial charge in [-0.15, -0.1) is 0 Å². The Labute approximate surface area is 117 Å². The molecule has 0 aromatic heterocycles. The maximum Gasteiger partial charge on any atom is 0.123 e. The number of benzene rings is 2. The van der Waals surface area contributed by atoms with Crippen molar-refractivity contribution in [2.24, 2.45) is 0 Å². The van der Waals surface area contributed by atoms with E-state index < -0.39 is 6.10 Å². The average Bonchev–Trinajstić information content (AvgIpc) is 2.46. The van der Waals surface area contributed by atoms with E-state index in [4.69, 9.17) is 4.74 Å². The number of halogens is 1. The van der Waals surface area contributed by atoms with E-state index >= 15 is 0 Å². The van der Waals surface area contributed by atoms with E-state index in [2.05, 4.69) is 12.6 Å². The van der Waals surface area contributed by atoms with E-state index in [9.17, 15) is 9.50 Å². The standard InChI is InChI=1S/C15H15FO2S/c1-18-13-8-4-11(5-9-13)15(19)14(17)10-2-6-12(16)7-3-10/h2-9,14-15,17,19H,1H3. The Morgan fingerprint density at radius 3 is 2.05 bits per heavy atom. The Hall–Kier alpha value is -1.52. The summed E-state index contributed by atoms with van der Waals surface area (Å²) in [5.41, 5.74) is 1.51. The lowest BCUT2D eigenvalue weighted by molar-refractivity contribution is 0.175. The molecule has 4 heteroatoms. The third kappa shape index (κ3) is 3.28. The molecule has 0 radical (unpaired) electrons. The van der Waals surface area contributed by atoms with E-state index in [0.717, 1.165) is 11.3 Å². The molecular weight excluding hydrogens is 263 g/mol. The van der Waals surface area contributed by atoms with Crippen LogP contribution in [-0.2, 0) is 0 Å². The lowest BCUT2D eigenvalue weighted by Crippen LogP contribution is -2.05. The van der Waals surface area contributed by atoms with Gasteiger partial charge in [-0.1, -0.05) is 24.3 Å². The van der Waals surface area contributed by atoms with Crippen molar-refractivity contribution < 1.29 is 14.2 Å². The molecule has 0 saturated carbocycles. The lowest BCUT2D eigenvalue weighted by atomic mass is 10.0. The van der Waals surface area contributed by atoms with Crippen LogP contribution in [-0.4, -0.2) is 12.2 Å². The third-order valence-corrected chi connectivity index (χ3v) is 3.55. The van der Waals surface area contributed by atoms with E-state index in [-0.39, 0.29) is 11.1 Å². The fourth-order valence-corrected chi connectivity index (χ4v) is 2.17. The summed E-state index contributed by atoms with van der Waals surface area (Å²) in [5.74, 6) is 0.427. The second-order valence-corrected chi connectivity index (χ2v) is 4.77. The summed E-state index contributed by atoms with van der Waals surface area (Å²) in [4.78, 5) is 0. The smallest absolute Gasteiger partial charge is 0.123 e. The van der Waals surface area contributed by atoms with Gasteiger partial charge in [0, 0.05) is 0 Å². The van der Waals surface area contributed by atoms with Gasteiger partial charge in [0.05, 0.1) is 18.5 Å². The SMILES string of the molecule is COc1ccc(C(S)C(O)c2ccc(F)cc2)cc1. The molecule has 19 heavy (non-hydrogen) atoms. The zero-order valence-corrected chi connectivity index (χ0v) is 11.3. The highest BCUT2D eigenvalue weighted by Gasteiger charge is 2.19. The van der Waals surface area contributed by atoms with Crippen LogP contribution < -0.4 is 4.74 Å². The highest BCUT2D eigenvalue weighted by molar-refractivity contribution is 7.80. The van der Waals surface area contributed by atoms with Gasteiger partial charge >= 0.3 is 0 Å². The zero-order valence-electron chi connectivity index (χ0n) is 10.5. The average molecular weight is 278 g/mol. The number of methoxy groups -OCH3 is 1. The quantitative estimate of drug-likeness (QED) is 0.838. The van der Waals surface area contributed by atoms with Crippen LogP contribution >= 0.6 is 12.6 Å². The number of aliphatic hydroxyl groups is 1. The minimum Gasteiger partial charge on any atom is -0.497 e. The van der Waals surface area contributed by atoms with Gasteiger partial charge in [-0.2, -0.15) is 12.6 Å². The van der Waals surface area contributed by atoms with Crippen molar-refractivity contribution in [3.05, 3.63) is 65.5 Å². The fourth-order valence-electron chi connectivity index (χ4n) is 1.83. The van der Waals surface area contributed by atoms with E-state index in [1.165, 1.54) is 12.1 Å². The zero-order chi connectivity index (χ0) is 13.8. The maximum absolute atomic E-state index is 12.8. The number of thiol groups is 1. The molecule has 0 saturated heterocycles. The fraction of sp³-hybridized carbons (Fsp3) is 0.200. The number of hydrogen-bond acceptors (Lipinski definition) is 3. The van der Waals surface area contributed by atoms with Crippen LogP contribution in [0.3, 0.4) is 0 Å². The molecule has 100 valence electrons. The summed E-state index contributed by atoms with van der Waals surface area (Å²) < 4.78 is 17.9. The molecule has 0 aliphatic heterocycles. The van der Waals surface area contributed by atoms with Crippen LogP contribution in [0.1, 0.15) is 22.5 Å². The monoisotopic (exact) mass is 278 g/mol. The summed E-state index contributed by atoms with van der Waals surface area (Å²) in [6.07, 6.45) is -0.794. The van der Waals surface area contributed by atoms with Crippen molar-refractivity contribution in [3.8, 4) is 5.75 Å². The molecule has 0 aliphatic rings. The van der Waals surface area contributed by atoms with Crippen molar-refractivity contribution in [2.75, 3.05) is 7.11 Å². The number of aliphatic hydroxyl groups excluding tert-OH is 1. The van der Waals surface area contributed by atoms with Crippen LogP contribution in [0.5, 0.6) is 5.75 Å². The first-order chi connectivity index (χ1) is 9.11. The van der Waals surface area contributed by atoms with Crippen molar-refractivity contribution in [3.63, 3.8) is 0 Å². The predicted octanol–water partition coefficient (Wildman–Crippen LogP) is 3.54. The predicted molar refractivity (Wildman–Crippen MR) is 76.1 cm³/mol. The van der Waals surface area contributed by atoms with Crippen molar-refractivity contribution in [2.45, 2.75) is 11.4 Å². The first-order valence-corrected chi connectivity index (χ1v) is 6.39.